The van der Waals surface area contributed by atoms with Crippen molar-refractivity contribution in [2.45, 2.75) is 0 Å². The van der Waals surface area contributed by atoms with E-state index in [9.17, 15) is 8.42 Å². The molecule has 0 bridgehead atoms. The van der Waals surface area contributed by atoms with Crippen molar-refractivity contribution in [2.75, 3.05) is 16.3 Å². The summed E-state index contributed by atoms with van der Waals surface area (Å²) in [5.41, 5.74) is 0.697. The van der Waals surface area contributed by atoms with Gasteiger partial charge in [-0.2, -0.15) is 0 Å². The van der Waals surface area contributed by atoms with Crippen LogP contribution in [0.1, 0.15) is 0 Å². The van der Waals surface area contributed by atoms with Crippen molar-refractivity contribution in [1.29, 1.82) is 0 Å². The number of benzene rings is 1. The molecule has 0 aliphatic rings. The van der Waals surface area contributed by atoms with Gasteiger partial charge in [-0.15, -0.1) is 10.2 Å². The SMILES string of the molecule is CS(=O)(=O)Nc1ccc(Nc2ccccc2Cl)nn1. The number of anilines is 3. The van der Waals surface area contributed by atoms with E-state index in [0.29, 0.717) is 16.5 Å². The van der Waals surface area contributed by atoms with Crippen LogP contribution in [-0.4, -0.2) is 24.9 Å². The van der Waals surface area contributed by atoms with Crippen LogP contribution in [0.3, 0.4) is 0 Å². The van der Waals surface area contributed by atoms with E-state index in [1.807, 2.05) is 12.1 Å². The summed E-state index contributed by atoms with van der Waals surface area (Å²) in [4.78, 5) is 0. The summed E-state index contributed by atoms with van der Waals surface area (Å²) in [6, 6.07) is 10.3. The smallest absolute Gasteiger partial charge is 0.231 e. The third-order valence-corrected chi connectivity index (χ3v) is 3.00. The first-order chi connectivity index (χ1) is 8.94. The van der Waals surface area contributed by atoms with Gasteiger partial charge in [-0.05, 0) is 24.3 Å². The van der Waals surface area contributed by atoms with Crippen LogP contribution in [0.2, 0.25) is 5.02 Å². The zero-order chi connectivity index (χ0) is 13.9. The quantitative estimate of drug-likeness (QED) is 0.904. The fourth-order valence-electron chi connectivity index (χ4n) is 1.34. The number of sulfonamides is 1. The Balaban J connectivity index is 2.13. The number of aromatic nitrogens is 2. The van der Waals surface area contributed by atoms with Crippen LogP contribution >= 0.6 is 11.6 Å². The zero-order valence-corrected chi connectivity index (χ0v) is 11.5. The van der Waals surface area contributed by atoms with Gasteiger partial charge < -0.3 is 5.32 Å². The van der Waals surface area contributed by atoms with E-state index in [-0.39, 0.29) is 5.82 Å². The lowest BCUT2D eigenvalue weighted by atomic mass is 10.3. The molecule has 2 rings (SSSR count). The predicted molar refractivity (Wildman–Crippen MR) is 75.2 cm³/mol. The van der Waals surface area contributed by atoms with E-state index in [2.05, 4.69) is 20.2 Å². The van der Waals surface area contributed by atoms with Crippen LogP contribution in [0.5, 0.6) is 0 Å². The molecule has 0 aliphatic carbocycles. The molecule has 19 heavy (non-hydrogen) atoms. The molecular formula is C11H11ClN4O2S. The fourth-order valence-corrected chi connectivity index (χ4v) is 2.02. The maximum atomic E-state index is 11.0. The molecule has 100 valence electrons. The van der Waals surface area contributed by atoms with Gasteiger partial charge in [-0.1, -0.05) is 23.7 Å². The summed E-state index contributed by atoms with van der Waals surface area (Å²) in [6.45, 7) is 0. The summed E-state index contributed by atoms with van der Waals surface area (Å²) >= 11 is 5.99. The van der Waals surface area contributed by atoms with E-state index >= 15 is 0 Å². The average molecular weight is 299 g/mol. The van der Waals surface area contributed by atoms with Gasteiger partial charge in [0, 0.05) is 0 Å². The Labute approximate surface area is 115 Å². The van der Waals surface area contributed by atoms with E-state index < -0.39 is 10.0 Å². The second-order valence-corrected chi connectivity index (χ2v) is 5.94. The van der Waals surface area contributed by atoms with E-state index in [1.54, 1.807) is 18.2 Å². The number of nitrogens with one attached hydrogen (secondary N) is 2. The summed E-state index contributed by atoms with van der Waals surface area (Å²) < 4.78 is 24.2. The molecule has 1 aromatic heterocycles. The van der Waals surface area contributed by atoms with Crippen molar-refractivity contribution >= 4 is 38.9 Å². The van der Waals surface area contributed by atoms with Gasteiger partial charge in [-0.3, -0.25) is 4.72 Å². The largest absolute Gasteiger partial charge is 0.338 e. The Bertz CT molecular complexity index is 673. The lowest BCUT2D eigenvalue weighted by Gasteiger charge is -2.07. The van der Waals surface area contributed by atoms with Crippen molar-refractivity contribution in [3.63, 3.8) is 0 Å². The lowest BCUT2D eigenvalue weighted by molar-refractivity contribution is 0.606. The highest BCUT2D eigenvalue weighted by atomic mass is 35.5. The highest BCUT2D eigenvalue weighted by molar-refractivity contribution is 7.92. The molecule has 0 radical (unpaired) electrons. The first-order valence-corrected chi connectivity index (χ1v) is 7.54. The van der Waals surface area contributed by atoms with Gasteiger partial charge in [0.25, 0.3) is 0 Å². The molecule has 8 heteroatoms. The second-order valence-electron chi connectivity index (χ2n) is 3.78. The van der Waals surface area contributed by atoms with Crippen LogP contribution in [0.4, 0.5) is 17.3 Å². The standard InChI is InChI=1S/C11H11ClN4O2S/c1-19(17,18)16-11-7-6-10(14-15-11)13-9-5-3-2-4-8(9)12/h2-7H,1H3,(H,13,14)(H,15,16). The van der Waals surface area contributed by atoms with Gasteiger partial charge in [0.05, 0.1) is 17.0 Å². The van der Waals surface area contributed by atoms with Crippen LogP contribution in [0, 0.1) is 0 Å². The third-order valence-electron chi connectivity index (χ3n) is 2.09. The molecule has 0 amide bonds. The molecule has 1 aromatic carbocycles. The Morgan fingerprint density at radius 3 is 2.26 bits per heavy atom. The first kappa shape index (κ1) is 13.6. The lowest BCUT2D eigenvalue weighted by Crippen LogP contribution is -2.11. The molecule has 0 fully saturated rings. The topological polar surface area (TPSA) is 84.0 Å². The number of halogens is 1. The molecule has 0 saturated heterocycles. The molecule has 0 spiro atoms. The monoisotopic (exact) mass is 298 g/mol. The maximum absolute atomic E-state index is 11.0. The molecule has 2 aromatic rings. The summed E-state index contributed by atoms with van der Waals surface area (Å²) in [6.07, 6.45) is 1.05. The van der Waals surface area contributed by atoms with Gasteiger partial charge in [0.1, 0.15) is 0 Å². The van der Waals surface area contributed by atoms with Gasteiger partial charge in [-0.25, -0.2) is 8.42 Å². The fraction of sp³-hybridized carbons (Fsp3) is 0.0909. The minimum absolute atomic E-state index is 0.159. The molecule has 0 unspecified atom stereocenters. The van der Waals surface area contributed by atoms with Crippen LogP contribution in [0.15, 0.2) is 36.4 Å². The zero-order valence-electron chi connectivity index (χ0n) is 9.96. The Morgan fingerprint density at radius 1 is 1.05 bits per heavy atom. The predicted octanol–water partition coefficient (Wildman–Crippen LogP) is 2.25. The highest BCUT2D eigenvalue weighted by Gasteiger charge is 2.05. The van der Waals surface area contributed by atoms with Crippen molar-refractivity contribution in [3.05, 3.63) is 41.4 Å². The van der Waals surface area contributed by atoms with Crippen molar-refractivity contribution in [1.82, 2.24) is 10.2 Å². The normalized spacial score (nSPS) is 11.1. The summed E-state index contributed by atoms with van der Waals surface area (Å²) in [5.74, 6) is 0.624. The summed E-state index contributed by atoms with van der Waals surface area (Å²) in [5, 5.41) is 11.1. The molecule has 1 heterocycles. The molecule has 0 atom stereocenters. The number of nitrogens with zero attached hydrogens (tertiary/aromatic N) is 2. The van der Waals surface area contributed by atoms with Gasteiger partial charge in [0.2, 0.25) is 10.0 Å². The minimum atomic E-state index is -3.35. The minimum Gasteiger partial charge on any atom is -0.338 e. The molecule has 0 saturated carbocycles. The Morgan fingerprint density at radius 2 is 1.68 bits per heavy atom. The number of para-hydroxylation sites is 1. The van der Waals surface area contributed by atoms with Crippen LogP contribution < -0.4 is 10.0 Å². The van der Waals surface area contributed by atoms with E-state index in [1.165, 1.54) is 6.07 Å². The molecular weight excluding hydrogens is 288 g/mol. The number of rotatable bonds is 4. The first-order valence-electron chi connectivity index (χ1n) is 5.27. The van der Waals surface area contributed by atoms with Crippen molar-refractivity contribution in [3.8, 4) is 0 Å². The third kappa shape index (κ3) is 4.08. The number of hydrogen-bond acceptors (Lipinski definition) is 5. The van der Waals surface area contributed by atoms with E-state index in [4.69, 9.17) is 11.6 Å². The average Bonchev–Trinajstić information content (AvgIpc) is 2.33. The second kappa shape index (κ2) is 5.41. The molecule has 6 nitrogen and oxygen atoms in total. The Hall–Kier alpha value is -1.86. The van der Waals surface area contributed by atoms with Gasteiger partial charge >= 0.3 is 0 Å². The van der Waals surface area contributed by atoms with Gasteiger partial charge in [0.15, 0.2) is 11.6 Å². The molecule has 2 N–H and O–H groups in total. The van der Waals surface area contributed by atoms with Crippen LogP contribution in [-0.2, 0) is 10.0 Å². The van der Waals surface area contributed by atoms with Crippen LogP contribution in [0.25, 0.3) is 0 Å². The van der Waals surface area contributed by atoms with E-state index in [0.717, 1.165) is 6.26 Å². The summed E-state index contributed by atoms with van der Waals surface area (Å²) in [7, 11) is -3.35. The molecule has 0 aliphatic heterocycles. The highest BCUT2D eigenvalue weighted by Crippen LogP contribution is 2.23. The van der Waals surface area contributed by atoms with Crippen molar-refractivity contribution in [2.24, 2.45) is 0 Å². The Kier molecular flexibility index (Phi) is 3.87. The van der Waals surface area contributed by atoms with Crippen molar-refractivity contribution < 1.29 is 8.42 Å². The maximum Gasteiger partial charge on any atom is 0.231 e. The number of hydrogen-bond donors (Lipinski definition) is 2.